The number of nitrogens with one attached hydrogen (secondary N) is 1. The Bertz CT molecular complexity index is 179. The van der Waals surface area contributed by atoms with Crippen molar-refractivity contribution >= 4 is 5.91 Å². The van der Waals surface area contributed by atoms with Gasteiger partial charge in [-0.25, -0.2) is 0 Å². The van der Waals surface area contributed by atoms with Gasteiger partial charge in [0.2, 0.25) is 5.91 Å². The van der Waals surface area contributed by atoms with E-state index >= 15 is 0 Å². The van der Waals surface area contributed by atoms with Gasteiger partial charge in [0.15, 0.2) is 0 Å². The van der Waals surface area contributed by atoms with Crippen LogP contribution in [0.4, 0.5) is 0 Å². The monoisotopic (exact) mass is 171 g/mol. The van der Waals surface area contributed by atoms with Gasteiger partial charge >= 0.3 is 0 Å². The molecule has 0 aliphatic heterocycles. The molecule has 70 valence electrons. The summed E-state index contributed by atoms with van der Waals surface area (Å²) in [4.78, 5) is 11.2. The number of carbonyl (C=O) groups is 1. The molecule has 0 spiro atoms. The molecule has 1 fully saturated rings. The van der Waals surface area contributed by atoms with Crippen molar-refractivity contribution in [3.63, 3.8) is 0 Å². The van der Waals surface area contributed by atoms with Crippen molar-refractivity contribution in [3.05, 3.63) is 0 Å². The van der Waals surface area contributed by atoms with Gasteiger partial charge in [-0.2, -0.15) is 0 Å². The van der Waals surface area contributed by atoms with Gasteiger partial charge in [-0.1, -0.05) is 13.8 Å². The molecule has 1 saturated carbocycles. The quantitative estimate of drug-likeness (QED) is 0.641. The van der Waals surface area contributed by atoms with Crippen LogP contribution in [0.15, 0.2) is 0 Å². The van der Waals surface area contributed by atoms with Gasteiger partial charge in [0, 0.05) is 12.0 Å². The Labute approximate surface area is 73.2 Å². The van der Waals surface area contributed by atoms with Gasteiger partial charge in [-0.3, -0.25) is 4.79 Å². The first-order chi connectivity index (χ1) is 5.41. The lowest BCUT2D eigenvalue weighted by atomic mass is 9.77. The van der Waals surface area contributed by atoms with E-state index in [1.165, 1.54) is 0 Å². The highest BCUT2D eigenvalue weighted by Crippen LogP contribution is 2.31. The first-order valence-corrected chi connectivity index (χ1v) is 4.43. The first-order valence-electron chi connectivity index (χ1n) is 4.43. The highest BCUT2D eigenvalue weighted by Gasteiger charge is 2.39. The smallest absolute Gasteiger partial charge is 0.222 e. The fourth-order valence-electron chi connectivity index (χ4n) is 1.47. The van der Waals surface area contributed by atoms with Gasteiger partial charge in [0.05, 0.1) is 5.60 Å². The summed E-state index contributed by atoms with van der Waals surface area (Å²) >= 11 is 0. The second kappa shape index (κ2) is 3.05. The zero-order valence-corrected chi connectivity index (χ0v) is 7.92. The zero-order valence-electron chi connectivity index (χ0n) is 7.92. The average Bonchev–Trinajstić information content (AvgIpc) is 1.83. The van der Waals surface area contributed by atoms with Crippen LogP contribution >= 0.6 is 0 Å². The van der Waals surface area contributed by atoms with Crippen molar-refractivity contribution in [2.45, 2.75) is 45.3 Å². The normalized spacial score (nSPS) is 34.6. The maximum atomic E-state index is 11.2. The molecule has 3 heteroatoms. The SMILES string of the molecule is CC(C)C(=O)NC1CC(C)(O)C1. The fourth-order valence-corrected chi connectivity index (χ4v) is 1.47. The molecular weight excluding hydrogens is 154 g/mol. The van der Waals surface area contributed by atoms with Crippen molar-refractivity contribution in [3.8, 4) is 0 Å². The summed E-state index contributed by atoms with van der Waals surface area (Å²) in [5, 5.41) is 12.3. The molecule has 1 aliphatic rings. The van der Waals surface area contributed by atoms with E-state index in [2.05, 4.69) is 5.32 Å². The Balaban J connectivity index is 2.23. The number of aliphatic hydroxyl groups is 1. The molecule has 0 radical (unpaired) electrons. The molecule has 3 nitrogen and oxygen atoms in total. The molecule has 12 heavy (non-hydrogen) atoms. The predicted molar refractivity (Wildman–Crippen MR) is 46.6 cm³/mol. The summed E-state index contributed by atoms with van der Waals surface area (Å²) in [7, 11) is 0. The van der Waals surface area contributed by atoms with Crippen molar-refractivity contribution < 1.29 is 9.90 Å². The van der Waals surface area contributed by atoms with Crippen LogP contribution in [0.3, 0.4) is 0 Å². The molecule has 0 aromatic rings. The van der Waals surface area contributed by atoms with Crippen molar-refractivity contribution in [2.24, 2.45) is 5.92 Å². The van der Waals surface area contributed by atoms with Gasteiger partial charge in [0.1, 0.15) is 0 Å². The third-order valence-corrected chi connectivity index (χ3v) is 2.24. The molecule has 0 atom stereocenters. The minimum Gasteiger partial charge on any atom is -0.390 e. The van der Waals surface area contributed by atoms with E-state index in [1.807, 2.05) is 13.8 Å². The largest absolute Gasteiger partial charge is 0.390 e. The Morgan fingerprint density at radius 3 is 2.42 bits per heavy atom. The second-order valence-corrected chi connectivity index (χ2v) is 4.27. The Morgan fingerprint density at radius 1 is 1.58 bits per heavy atom. The lowest BCUT2D eigenvalue weighted by molar-refractivity contribution is -0.127. The van der Waals surface area contributed by atoms with E-state index in [1.54, 1.807) is 6.92 Å². The van der Waals surface area contributed by atoms with E-state index < -0.39 is 5.60 Å². The average molecular weight is 171 g/mol. The second-order valence-electron chi connectivity index (χ2n) is 4.27. The lowest BCUT2D eigenvalue weighted by Gasteiger charge is -2.41. The van der Waals surface area contributed by atoms with Crippen LogP contribution in [0.2, 0.25) is 0 Å². The number of rotatable bonds is 2. The molecular formula is C9H17NO2. The lowest BCUT2D eigenvalue weighted by Crippen LogP contribution is -2.54. The molecule has 0 aromatic heterocycles. The maximum Gasteiger partial charge on any atom is 0.222 e. The summed E-state index contributed by atoms with van der Waals surface area (Å²) in [6, 6.07) is 0.190. The zero-order chi connectivity index (χ0) is 9.35. The van der Waals surface area contributed by atoms with Crippen molar-refractivity contribution in [1.82, 2.24) is 5.32 Å². The Hall–Kier alpha value is -0.570. The van der Waals surface area contributed by atoms with Crippen LogP contribution < -0.4 is 5.32 Å². The minimum absolute atomic E-state index is 0.0375. The highest BCUT2D eigenvalue weighted by molar-refractivity contribution is 5.78. The molecule has 0 aromatic carbocycles. The number of carbonyl (C=O) groups excluding carboxylic acids is 1. The summed E-state index contributed by atoms with van der Waals surface area (Å²) < 4.78 is 0. The predicted octanol–water partition coefficient (Wildman–Crippen LogP) is 0.672. The van der Waals surface area contributed by atoms with Gasteiger partial charge < -0.3 is 10.4 Å². The van der Waals surface area contributed by atoms with Gasteiger partial charge in [-0.15, -0.1) is 0 Å². The van der Waals surface area contributed by atoms with E-state index in [9.17, 15) is 9.90 Å². The molecule has 1 amide bonds. The van der Waals surface area contributed by atoms with E-state index in [4.69, 9.17) is 0 Å². The van der Waals surface area contributed by atoms with Gasteiger partial charge in [-0.05, 0) is 19.8 Å². The van der Waals surface area contributed by atoms with Crippen LogP contribution in [0.5, 0.6) is 0 Å². The number of amides is 1. The van der Waals surface area contributed by atoms with E-state index in [0.29, 0.717) is 12.8 Å². The summed E-state index contributed by atoms with van der Waals surface area (Å²) in [5.74, 6) is 0.117. The standard InChI is InChI=1S/C9H17NO2/c1-6(2)8(11)10-7-4-9(3,12)5-7/h6-7,12H,4-5H2,1-3H3,(H,10,11). The van der Waals surface area contributed by atoms with Crippen molar-refractivity contribution in [1.29, 1.82) is 0 Å². The molecule has 0 unspecified atom stereocenters. The van der Waals surface area contributed by atoms with Crippen LogP contribution in [0.1, 0.15) is 33.6 Å². The van der Waals surface area contributed by atoms with Gasteiger partial charge in [0.25, 0.3) is 0 Å². The Kier molecular flexibility index (Phi) is 2.42. The molecule has 0 saturated heterocycles. The minimum atomic E-state index is -0.547. The molecule has 0 heterocycles. The third-order valence-electron chi connectivity index (χ3n) is 2.24. The summed E-state index contributed by atoms with van der Waals surface area (Å²) in [6.07, 6.45) is 1.37. The molecule has 1 aliphatic carbocycles. The third kappa shape index (κ3) is 2.21. The summed E-state index contributed by atoms with van der Waals surface area (Å²) in [5.41, 5.74) is -0.547. The fraction of sp³-hybridized carbons (Fsp3) is 0.889. The first kappa shape index (κ1) is 9.52. The van der Waals surface area contributed by atoms with E-state index in [-0.39, 0.29) is 17.9 Å². The highest BCUT2D eigenvalue weighted by atomic mass is 16.3. The van der Waals surface area contributed by atoms with Crippen LogP contribution in [0.25, 0.3) is 0 Å². The molecule has 2 N–H and O–H groups in total. The maximum absolute atomic E-state index is 11.2. The van der Waals surface area contributed by atoms with Crippen LogP contribution in [0, 0.1) is 5.92 Å². The Morgan fingerprint density at radius 2 is 2.08 bits per heavy atom. The van der Waals surface area contributed by atoms with E-state index in [0.717, 1.165) is 0 Å². The van der Waals surface area contributed by atoms with Crippen LogP contribution in [-0.4, -0.2) is 22.7 Å². The van der Waals surface area contributed by atoms with Crippen LogP contribution in [-0.2, 0) is 4.79 Å². The molecule has 0 bridgehead atoms. The topological polar surface area (TPSA) is 49.3 Å². The number of hydrogen-bond acceptors (Lipinski definition) is 2. The number of hydrogen-bond donors (Lipinski definition) is 2. The summed E-state index contributed by atoms with van der Waals surface area (Å²) in [6.45, 7) is 5.53. The molecule has 1 rings (SSSR count). The van der Waals surface area contributed by atoms with Crippen molar-refractivity contribution in [2.75, 3.05) is 0 Å².